The van der Waals surface area contributed by atoms with E-state index in [-0.39, 0.29) is 11.2 Å². The van der Waals surface area contributed by atoms with Gasteiger partial charge >= 0.3 is 0 Å². The molecule has 0 saturated heterocycles. The molecule has 1 amide bonds. The quantitative estimate of drug-likeness (QED) is 0.442. The van der Waals surface area contributed by atoms with Gasteiger partial charge in [-0.1, -0.05) is 13.5 Å². The Balaban J connectivity index is 3.27. The van der Waals surface area contributed by atoms with Crippen LogP contribution in [0.2, 0.25) is 0 Å². The van der Waals surface area contributed by atoms with Crippen LogP contribution in [-0.2, 0) is 4.79 Å². The van der Waals surface area contributed by atoms with Gasteiger partial charge in [0.15, 0.2) is 0 Å². The van der Waals surface area contributed by atoms with Gasteiger partial charge in [0.2, 0.25) is 5.91 Å². The minimum atomic E-state index is -0.143. The average molecular weight is 145 g/mol. The van der Waals surface area contributed by atoms with Gasteiger partial charge in [-0.15, -0.1) is 0 Å². The normalized spacial score (nSPS) is 12.2. The molecule has 2 nitrogen and oxygen atoms in total. The lowest BCUT2D eigenvalue weighted by atomic mass is 10.4. The lowest BCUT2D eigenvalue weighted by Crippen LogP contribution is -2.26. The van der Waals surface area contributed by atoms with Crippen LogP contribution < -0.4 is 5.32 Å². The molecule has 1 N–H and O–H groups in total. The highest BCUT2D eigenvalue weighted by Crippen LogP contribution is 1.87. The van der Waals surface area contributed by atoms with Gasteiger partial charge in [-0.2, -0.15) is 12.6 Å². The number of rotatable bonds is 3. The van der Waals surface area contributed by atoms with E-state index in [0.29, 0.717) is 6.54 Å². The molecule has 0 saturated carbocycles. The highest BCUT2D eigenvalue weighted by Gasteiger charge is 1.95. The molecule has 0 heterocycles. The standard InChI is InChI=1S/C6H11NOS/c1-3-6(8)7-4-5(2)9/h3,5,9H,1,4H2,2H3,(H,7,8). The van der Waals surface area contributed by atoms with Crippen molar-refractivity contribution in [3.8, 4) is 0 Å². The Morgan fingerprint density at radius 2 is 2.56 bits per heavy atom. The Bertz CT molecular complexity index is 112. The van der Waals surface area contributed by atoms with Crippen molar-refractivity contribution in [2.45, 2.75) is 12.2 Å². The Hall–Kier alpha value is -0.440. The molecule has 0 aliphatic rings. The molecule has 9 heavy (non-hydrogen) atoms. The molecule has 0 aliphatic heterocycles. The molecule has 0 spiro atoms. The van der Waals surface area contributed by atoms with E-state index in [9.17, 15) is 4.79 Å². The van der Waals surface area contributed by atoms with Gasteiger partial charge in [0.05, 0.1) is 0 Å². The van der Waals surface area contributed by atoms with E-state index < -0.39 is 0 Å². The fourth-order valence-corrected chi connectivity index (χ4v) is 0.412. The zero-order valence-electron chi connectivity index (χ0n) is 5.42. The fraction of sp³-hybridized carbons (Fsp3) is 0.500. The van der Waals surface area contributed by atoms with Gasteiger partial charge in [0, 0.05) is 11.8 Å². The van der Waals surface area contributed by atoms with Gasteiger partial charge in [-0.05, 0) is 6.08 Å². The minimum Gasteiger partial charge on any atom is -0.351 e. The predicted octanol–water partition coefficient (Wildman–Crippen LogP) is 0.607. The minimum absolute atomic E-state index is 0.143. The molecule has 0 aromatic carbocycles. The number of thiol groups is 1. The van der Waals surface area contributed by atoms with Gasteiger partial charge in [-0.3, -0.25) is 4.79 Å². The summed E-state index contributed by atoms with van der Waals surface area (Å²) in [5, 5.41) is 2.80. The molecule has 0 rings (SSSR count). The Morgan fingerprint density at radius 3 is 2.89 bits per heavy atom. The van der Waals surface area contributed by atoms with Crippen molar-refractivity contribution in [2.75, 3.05) is 6.54 Å². The molecule has 0 bridgehead atoms. The molecule has 0 fully saturated rings. The van der Waals surface area contributed by atoms with Crippen LogP contribution in [0.4, 0.5) is 0 Å². The number of carbonyl (C=O) groups excluding carboxylic acids is 1. The summed E-state index contributed by atoms with van der Waals surface area (Å²) in [4.78, 5) is 10.5. The Labute approximate surface area is 60.7 Å². The summed E-state index contributed by atoms with van der Waals surface area (Å²) < 4.78 is 0. The van der Waals surface area contributed by atoms with E-state index >= 15 is 0 Å². The van der Waals surface area contributed by atoms with Crippen LogP contribution >= 0.6 is 12.6 Å². The molecule has 0 aromatic rings. The van der Waals surface area contributed by atoms with Crippen molar-refractivity contribution < 1.29 is 4.79 Å². The second kappa shape index (κ2) is 4.44. The SMILES string of the molecule is C=CC(=O)NCC(C)S. The summed E-state index contributed by atoms with van der Waals surface area (Å²) in [5.41, 5.74) is 0. The molecule has 52 valence electrons. The average Bonchev–Trinajstić information content (AvgIpc) is 1.83. The molecule has 0 radical (unpaired) electrons. The monoisotopic (exact) mass is 145 g/mol. The molecule has 0 aromatic heterocycles. The van der Waals surface area contributed by atoms with Crippen molar-refractivity contribution in [2.24, 2.45) is 0 Å². The largest absolute Gasteiger partial charge is 0.351 e. The van der Waals surface area contributed by atoms with Crippen LogP contribution in [0.5, 0.6) is 0 Å². The number of nitrogens with one attached hydrogen (secondary N) is 1. The Kier molecular flexibility index (Phi) is 4.22. The summed E-state index contributed by atoms with van der Waals surface area (Å²) in [5.74, 6) is -0.143. The second-order valence-corrected chi connectivity index (χ2v) is 2.68. The maximum Gasteiger partial charge on any atom is 0.243 e. The van der Waals surface area contributed by atoms with Gasteiger partial charge in [-0.25, -0.2) is 0 Å². The van der Waals surface area contributed by atoms with Gasteiger partial charge in [0.1, 0.15) is 0 Å². The van der Waals surface area contributed by atoms with Crippen LogP contribution in [-0.4, -0.2) is 17.7 Å². The first-order chi connectivity index (χ1) is 4.16. The van der Waals surface area contributed by atoms with Crippen molar-refractivity contribution in [3.63, 3.8) is 0 Å². The van der Waals surface area contributed by atoms with E-state index in [1.165, 1.54) is 6.08 Å². The second-order valence-electron chi connectivity index (χ2n) is 1.80. The van der Waals surface area contributed by atoms with E-state index in [4.69, 9.17) is 0 Å². The van der Waals surface area contributed by atoms with E-state index in [1.807, 2.05) is 6.92 Å². The summed E-state index contributed by atoms with van der Waals surface area (Å²) in [6, 6.07) is 0. The van der Waals surface area contributed by atoms with Crippen molar-refractivity contribution in [3.05, 3.63) is 12.7 Å². The van der Waals surface area contributed by atoms with Crippen LogP contribution in [0.15, 0.2) is 12.7 Å². The van der Waals surface area contributed by atoms with Gasteiger partial charge in [0.25, 0.3) is 0 Å². The summed E-state index contributed by atoms with van der Waals surface area (Å²) in [6.45, 7) is 5.80. The first-order valence-corrected chi connectivity index (χ1v) is 3.26. The third kappa shape index (κ3) is 5.43. The Morgan fingerprint density at radius 1 is 2.00 bits per heavy atom. The first-order valence-electron chi connectivity index (χ1n) is 2.75. The first kappa shape index (κ1) is 8.56. The molecular weight excluding hydrogens is 134 g/mol. The zero-order chi connectivity index (χ0) is 7.28. The summed E-state index contributed by atoms with van der Waals surface area (Å²) >= 11 is 4.06. The molecule has 3 heteroatoms. The number of amides is 1. The van der Waals surface area contributed by atoms with E-state index in [1.54, 1.807) is 0 Å². The molecule has 0 aliphatic carbocycles. The fourth-order valence-electron chi connectivity index (χ4n) is 0.320. The van der Waals surface area contributed by atoms with Crippen molar-refractivity contribution in [1.29, 1.82) is 0 Å². The zero-order valence-corrected chi connectivity index (χ0v) is 6.32. The number of hydrogen-bond acceptors (Lipinski definition) is 2. The lowest BCUT2D eigenvalue weighted by Gasteiger charge is -2.02. The van der Waals surface area contributed by atoms with Crippen LogP contribution in [0.25, 0.3) is 0 Å². The summed E-state index contributed by atoms with van der Waals surface area (Å²) in [6.07, 6.45) is 1.25. The topological polar surface area (TPSA) is 29.1 Å². The third-order valence-corrected chi connectivity index (χ3v) is 0.940. The number of carbonyl (C=O) groups is 1. The van der Waals surface area contributed by atoms with Gasteiger partial charge < -0.3 is 5.32 Å². The maximum absolute atomic E-state index is 10.5. The molecular formula is C6H11NOS. The molecule has 1 unspecified atom stereocenters. The lowest BCUT2D eigenvalue weighted by molar-refractivity contribution is -0.116. The maximum atomic E-state index is 10.5. The van der Waals surface area contributed by atoms with Crippen LogP contribution in [0.3, 0.4) is 0 Å². The number of hydrogen-bond donors (Lipinski definition) is 2. The highest BCUT2D eigenvalue weighted by atomic mass is 32.1. The van der Waals surface area contributed by atoms with Crippen molar-refractivity contribution in [1.82, 2.24) is 5.32 Å². The van der Waals surface area contributed by atoms with Crippen LogP contribution in [0.1, 0.15) is 6.92 Å². The van der Waals surface area contributed by atoms with E-state index in [0.717, 1.165) is 0 Å². The van der Waals surface area contributed by atoms with Crippen LogP contribution in [0, 0.1) is 0 Å². The smallest absolute Gasteiger partial charge is 0.243 e. The predicted molar refractivity (Wildman–Crippen MR) is 41.7 cm³/mol. The highest BCUT2D eigenvalue weighted by molar-refractivity contribution is 7.80. The third-order valence-electron chi connectivity index (χ3n) is 0.757. The molecule has 1 atom stereocenters. The van der Waals surface area contributed by atoms with E-state index in [2.05, 4.69) is 24.5 Å². The van der Waals surface area contributed by atoms with Crippen molar-refractivity contribution >= 4 is 18.5 Å². The summed E-state index contributed by atoms with van der Waals surface area (Å²) in [7, 11) is 0.